The van der Waals surface area contributed by atoms with E-state index in [1.54, 1.807) is 0 Å². The van der Waals surface area contributed by atoms with E-state index < -0.39 is 5.43 Å². The normalized spacial score (nSPS) is 11.4. The second-order valence-electron chi connectivity index (χ2n) is 6.69. The highest BCUT2D eigenvalue weighted by atomic mass is 16.3. The van der Waals surface area contributed by atoms with E-state index in [0.717, 1.165) is 16.3 Å². The molecule has 0 saturated carbocycles. The highest BCUT2D eigenvalue weighted by Crippen LogP contribution is 2.44. The molecule has 5 nitrogen and oxygen atoms in total. The van der Waals surface area contributed by atoms with Gasteiger partial charge in [-0.15, -0.1) is 0 Å². The lowest BCUT2D eigenvalue weighted by molar-refractivity contribution is 0.404. The quantitative estimate of drug-likeness (QED) is 0.290. The van der Waals surface area contributed by atoms with Crippen molar-refractivity contribution in [3.8, 4) is 39.7 Å². The summed E-state index contributed by atoms with van der Waals surface area (Å²) < 4.78 is 5.79. The van der Waals surface area contributed by atoms with Crippen LogP contribution in [0, 0.1) is 0 Å². The van der Waals surface area contributed by atoms with Crippen LogP contribution in [0.4, 0.5) is 0 Å². The Kier molecular flexibility index (Phi) is 3.33. The van der Waals surface area contributed by atoms with Crippen molar-refractivity contribution in [1.82, 2.24) is 0 Å². The Bertz CT molecular complexity index is 1410. The average Bonchev–Trinajstić information content (AvgIpc) is 2.68. The monoisotopic (exact) mass is 370 g/mol. The predicted octanol–water partition coefficient (Wildman–Crippen LogP) is 4.83. The van der Waals surface area contributed by atoms with Crippen LogP contribution < -0.4 is 5.43 Å². The van der Waals surface area contributed by atoms with E-state index >= 15 is 0 Å². The molecule has 0 saturated heterocycles. The molecule has 0 aromatic heterocycles. The molecular formula is C23H14O5. The van der Waals surface area contributed by atoms with Gasteiger partial charge in [0.2, 0.25) is 5.43 Å². The lowest BCUT2D eigenvalue weighted by atomic mass is 9.92. The van der Waals surface area contributed by atoms with Gasteiger partial charge in [0.05, 0.1) is 0 Å². The molecule has 0 amide bonds. The third kappa shape index (κ3) is 2.37. The van der Waals surface area contributed by atoms with E-state index in [9.17, 15) is 20.1 Å². The van der Waals surface area contributed by atoms with Crippen molar-refractivity contribution in [3.63, 3.8) is 0 Å². The molecule has 3 aromatic carbocycles. The first-order valence-corrected chi connectivity index (χ1v) is 8.66. The Morgan fingerprint density at radius 3 is 2.29 bits per heavy atom. The highest BCUT2D eigenvalue weighted by molar-refractivity contribution is 6.04. The van der Waals surface area contributed by atoms with Crippen molar-refractivity contribution in [3.05, 3.63) is 77.0 Å². The molecule has 0 spiro atoms. The van der Waals surface area contributed by atoms with Crippen molar-refractivity contribution in [2.45, 2.75) is 0 Å². The fraction of sp³-hybridized carbons (Fsp3) is 0. The predicted molar refractivity (Wildman–Crippen MR) is 107 cm³/mol. The molecule has 0 bridgehead atoms. The van der Waals surface area contributed by atoms with E-state index in [0.29, 0.717) is 22.1 Å². The van der Waals surface area contributed by atoms with Crippen molar-refractivity contribution >= 4 is 21.7 Å². The van der Waals surface area contributed by atoms with Gasteiger partial charge in [-0.25, -0.2) is 0 Å². The van der Waals surface area contributed by atoms with Gasteiger partial charge in [-0.1, -0.05) is 36.4 Å². The average molecular weight is 370 g/mol. The highest BCUT2D eigenvalue weighted by Gasteiger charge is 2.20. The molecule has 28 heavy (non-hydrogen) atoms. The third-order valence-electron chi connectivity index (χ3n) is 4.93. The van der Waals surface area contributed by atoms with Crippen LogP contribution >= 0.6 is 0 Å². The summed E-state index contributed by atoms with van der Waals surface area (Å²) in [5, 5.41) is 32.6. The molecule has 1 heterocycles. The summed E-state index contributed by atoms with van der Waals surface area (Å²) in [5.74, 6) is -0.703. The number of aromatic hydroxyl groups is 3. The summed E-state index contributed by atoms with van der Waals surface area (Å²) >= 11 is 0. The van der Waals surface area contributed by atoms with E-state index in [1.807, 2.05) is 42.5 Å². The van der Waals surface area contributed by atoms with Crippen LogP contribution in [0.3, 0.4) is 0 Å². The van der Waals surface area contributed by atoms with Crippen molar-refractivity contribution in [1.29, 1.82) is 0 Å². The first-order valence-electron chi connectivity index (χ1n) is 8.66. The van der Waals surface area contributed by atoms with Crippen LogP contribution in [0.15, 0.2) is 75.9 Å². The largest absolute Gasteiger partial charge is 0.504 e. The zero-order valence-corrected chi connectivity index (χ0v) is 14.5. The Morgan fingerprint density at radius 2 is 1.46 bits per heavy atom. The molecular weight excluding hydrogens is 356 g/mol. The molecule has 1 aliphatic carbocycles. The minimum absolute atomic E-state index is 0.281. The Labute approximate surface area is 158 Å². The van der Waals surface area contributed by atoms with Gasteiger partial charge in [0.25, 0.3) is 0 Å². The van der Waals surface area contributed by atoms with Crippen LogP contribution in [0.25, 0.3) is 44.2 Å². The zero-order chi connectivity index (χ0) is 19.4. The summed E-state index contributed by atoms with van der Waals surface area (Å²) in [6.45, 7) is 0. The lowest BCUT2D eigenvalue weighted by Crippen LogP contribution is -2.01. The first kappa shape index (κ1) is 16.2. The molecule has 3 aromatic rings. The van der Waals surface area contributed by atoms with Crippen molar-refractivity contribution in [2.75, 3.05) is 0 Å². The van der Waals surface area contributed by atoms with Crippen molar-refractivity contribution in [2.24, 2.45) is 0 Å². The minimum atomic E-state index is -0.553. The number of hydrogen-bond donors (Lipinski definition) is 3. The number of fused-ring (bicyclic) bond motifs is 3. The maximum Gasteiger partial charge on any atom is 0.223 e. The molecule has 0 fully saturated rings. The van der Waals surface area contributed by atoms with Crippen LogP contribution in [-0.2, 0) is 0 Å². The minimum Gasteiger partial charge on any atom is -0.504 e. The number of phenolic OH excluding ortho intramolecular Hbond substituents is 3. The Balaban J connectivity index is 1.97. The smallest absolute Gasteiger partial charge is 0.223 e. The van der Waals surface area contributed by atoms with E-state index in [1.165, 1.54) is 24.3 Å². The van der Waals surface area contributed by atoms with Crippen LogP contribution in [0.2, 0.25) is 0 Å². The maximum absolute atomic E-state index is 11.9. The van der Waals surface area contributed by atoms with E-state index in [2.05, 4.69) is 0 Å². The molecule has 136 valence electrons. The number of benzene rings is 4. The summed E-state index contributed by atoms with van der Waals surface area (Å²) in [7, 11) is 0. The van der Waals surface area contributed by atoms with Crippen LogP contribution in [-0.4, -0.2) is 15.3 Å². The summed E-state index contributed by atoms with van der Waals surface area (Å²) in [4.78, 5) is 11.9. The summed E-state index contributed by atoms with van der Waals surface area (Å²) in [6.07, 6.45) is 0. The van der Waals surface area contributed by atoms with Gasteiger partial charge in [-0.05, 0) is 34.5 Å². The van der Waals surface area contributed by atoms with Crippen molar-refractivity contribution < 1.29 is 19.7 Å². The molecule has 2 aliphatic rings. The van der Waals surface area contributed by atoms with Gasteiger partial charge in [0.15, 0.2) is 17.2 Å². The third-order valence-corrected chi connectivity index (χ3v) is 4.93. The standard InChI is InChI=1S/C23H14O5/c24-17-8-15-21(10-19(17)26)28-22-11-20(27)18(25)9-16(22)23(15)14-6-5-12-3-1-2-4-13(12)7-14/h1-11,24-26H. The second kappa shape index (κ2) is 5.76. The van der Waals surface area contributed by atoms with E-state index in [4.69, 9.17) is 4.42 Å². The first-order chi connectivity index (χ1) is 13.5. The van der Waals surface area contributed by atoms with Gasteiger partial charge in [-0.2, -0.15) is 0 Å². The van der Waals surface area contributed by atoms with Gasteiger partial charge in [-0.3, -0.25) is 4.79 Å². The number of hydrogen-bond acceptors (Lipinski definition) is 5. The van der Waals surface area contributed by atoms with Gasteiger partial charge < -0.3 is 19.7 Å². The SMILES string of the molecule is O=c1cc2oc3cc(O)c(O)cc3c(-c3ccc4ccccc4c3)c-2cc1O. The fourth-order valence-electron chi connectivity index (χ4n) is 3.59. The van der Waals surface area contributed by atoms with Crippen LogP contribution in [0.5, 0.6) is 17.2 Å². The van der Waals surface area contributed by atoms with Gasteiger partial charge in [0, 0.05) is 28.6 Å². The Morgan fingerprint density at radius 1 is 0.714 bits per heavy atom. The summed E-state index contributed by atoms with van der Waals surface area (Å²) in [6, 6.07) is 19.1. The van der Waals surface area contributed by atoms with E-state index in [-0.39, 0.29) is 23.0 Å². The molecule has 5 heteroatoms. The molecule has 1 aliphatic heterocycles. The van der Waals surface area contributed by atoms with Gasteiger partial charge in [0.1, 0.15) is 11.3 Å². The molecule has 0 radical (unpaired) electrons. The maximum atomic E-state index is 11.9. The molecule has 3 N–H and O–H groups in total. The fourth-order valence-corrected chi connectivity index (χ4v) is 3.59. The van der Waals surface area contributed by atoms with Crippen LogP contribution in [0.1, 0.15) is 0 Å². The Hall–Kier alpha value is -3.99. The van der Waals surface area contributed by atoms with Gasteiger partial charge >= 0.3 is 0 Å². The summed E-state index contributed by atoms with van der Waals surface area (Å²) in [5.41, 5.74) is 1.81. The topological polar surface area (TPSA) is 90.9 Å². The molecule has 0 atom stereocenters. The second-order valence-corrected chi connectivity index (χ2v) is 6.69. The zero-order valence-electron chi connectivity index (χ0n) is 14.5. The molecule has 5 rings (SSSR count). The molecule has 0 unspecified atom stereocenters. The number of rotatable bonds is 1. The lowest BCUT2D eigenvalue weighted by Gasteiger charge is -2.16. The number of phenols is 3.